The van der Waals surface area contributed by atoms with E-state index in [2.05, 4.69) is 27.7 Å². The molecule has 2 aliphatic carbocycles. The van der Waals surface area contributed by atoms with Crippen molar-refractivity contribution in [1.82, 2.24) is 0 Å². The minimum absolute atomic E-state index is 0.0266. The Bertz CT molecular complexity index is 543. The molecular weight excluding hydrogens is 336 g/mol. The predicted octanol–water partition coefficient (Wildman–Crippen LogP) is 5.69. The fourth-order valence-corrected chi connectivity index (χ4v) is 5.78. The van der Waals surface area contributed by atoms with Crippen LogP contribution in [-0.4, -0.2) is 35.1 Å². The summed E-state index contributed by atoms with van der Waals surface area (Å²) in [5.74, 6) is 3.08. The maximum absolute atomic E-state index is 6.54. The lowest BCUT2D eigenvalue weighted by molar-refractivity contribution is 0.0485. The summed E-state index contributed by atoms with van der Waals surface area (Å²) < 4.78 is 13.1. The summed E-state index contributed by atoms with van der Waals surface area (Å²) >= 11 is 0. The first-order valence-electron chi connectivity index (χ1n) is 11.4. The van der Waals surface area contributed by atoms with E-state index in [1.807, 2.05) is 0 Å². The number of ether oxygens (including phenoxy) is 2. The quantitative estimate of drug-likeness (QED) is 0.599. The van der Waals surface area contributed by atoms with Gasteiger partial charge in [0, 0.05) is 0 Å². The van der Waals surface area contributed by atoms with Crippen LogP contribution in [-0.2, 0) is 9.47 Å². The van der Waals surface area contributed by atoms with E-state index in [1.165, 1.54) is 25.7 Å². The van der Waals surface area contributed by atoms with Gasteiger partial charge in [0.05, 0.1) is 18.5 Å². The van der Waals surface area contributed by atoms with Gasteiger partial charge in [0.2, 0.25) is 0 Å². The summed E-state index contributed by atoms with van der Waals surface area (Å²) in [6, 6.07) is 0.646. The molecule has 4 heteroatoms. The van der Waals surface area contributed by atoms with Crippen LogP contribution in [0.1, 0.15) is 98.3 Å². The van der Waals surface area contributed by atoms with E-state index in [0.29, 0.717) is 30.3 Å². The topological polar surface area (TPSA) is 43.2 Å². The summed E-state index contributed by atoms with van der Waals surface area (Å²) in [5, 5.41) is 0. The number of nitrogens with zero attached hydrogens (tertiary/aromatic N) is 2. The van der Waals surface area contributed by atoms with Gasteiger partial charge >= 0.3 is 0 Å². The molecule has 2 aliphatic heterocycles. The number of hydrogen-bond acceptors (Lipinski definition) is 4. The SMILES string of the molecule is CC(C)C[C@H]1N=C(CC2=N[C@H](CC(C)C)C3(CCCC3)O2)OC12CCCC2. The predicted molar refractivity (Wildman–Crippen MR) is 111 cm³/mol. The highest BCUT2D eigenvalue weighted by atomic mass is 16.5. The molecule has 4 nitrogen and oxygen atoms in total. The smallest absolute Gasteiger partial charge is 0.193 e. The Morgan fingerprint density at radius 3 is 1.44 bits per heavy atom. The van der Waals surface area contributed by atoms with E-state index < -0.39 is 0 Å². The highest BCUT2D eigenvalue weighted by Gasteiger charge is 2.51. The lowest BCUT2D eigenvalue weighted by atomic mass is 9.87. The molecule has 0 radical (unpaired) electrons. The second-order valence-corrected chi connectivity index (χ2v) is 10.3. The molecule has 2 atom stereocenters. The number of rotatable bonds is 6. The molecule has 2 spiro atoms. The lowest BCUT2D eigenvalue weighted by Gasteiger charge is -2.30. The lowest BCUT2D eigenvalue weighted by Crippen LogP contribution is -2.39. The van der Waals surface area contributed by atoms with E-state index >= 15 is 0 Å². The Labute approximate surface area is 165 Å². The van der Waals surface area contributed by atoms with E-state index in [0.717, 1.165) is 50.3 Å². The van der Waals surface area contributed by atoms with Gasteiger partial charge in [-0.15, -0.1) is 0 Å². The summed E-state index contributed by atoms with van der Waals surface area (Å²) in [6.45, 7) is 9.17. The van der Waals surface area contributed by atoms with Crippen molar-refractivity contribution in [1.29, 1.82) is 0 Å². The Balaban J connectivity index is 1.48. The third-order valence-corrected chi connectivity index (χ3v) is 7.05. The molecule has 0 unspecified atom stereocenters. The number of aliphatic imine (C=N–C) groups is 2. The standard InChI is InChI=1S/C23H38N2O2/c1-16(2)13-18-22(9-5-6-10-22)26-20(24-18)15-21-25-19(14-17(3)4)23(27-21)11-7-8-12-23/h16-19H,5-15H2,1-4H3/t18-,19-/m1/s1. The Hall–Kier alpha value is -1.06. The maximum atomic E-state index is 6.54. The van der Waals surface area contributed by atoms with Crippen LogP contribution in [0.4, 0.5) is 0 Å². The van der Waals surface area contributed by atoms with Crippen LogP contribution in [0.5, 0.6) is 0 Å². The van der Waals surface area contributed by atoms with Crippen LogP contribution in [0.25, 0.3) is 0 Å². The van der Waals surface area contributed by atoms with E-state index in [1.54, 1.807) is 0 Å². The minimum Gasteiger partial charge on any atom is -0.472 e. The molecule has 2 heterocycles. The molecule has 2 saturated carbocycles. The maximum Gasteiger partial charge on any atom is 0.193 e. The Morgan fingerprint density at radius 2 is 1.11 bits per heavy atom. The summed E-state index contributed by atoms with van der Waals surface area (Å²) in [5.41, 5.74) is -0.0533. The highest BCUT2D eigenvalue weighted by Crippen LogP contribution is 2.46. The Kier molecular flexibility index (Phi) is 5.28. The fourth-order valence-electron chi connectivity index (χ4n) is 5.78. The van der Waals surface area contributed by atoms with Crippen molar-refractivity contribution in [2.24, 2.45) is 21.8 Å². The van der Waals surface area contributed by atoms with Crippen LogP contribution >= 0.6 is 0 Å². The van der Waals surface area contributed by atoms with Gasteiger partial charge in [-0.1, -0.05) is 27.7 Å². The van der Waals surface area contributed by atoms with E-state index in [-0.39, 0.29) is 11.2 Å². The monoisotopic (exact) mass is 374 g/mol. The van der Waals surface area contributed by atoms with E-state index in [4.69, 9.17) is 19.5 Å². The van der Waals surface area contributed by atoms with Gasteiger partial charge < -0.3 is 9.47 Å². The van der Waals surface area contributed by atoms with Crippen molar-refractivity contribution in [3.63, 3.8) is 0 Å². The average Bonchev–Trinajstić information content (AvgIpc) is 3.33. The second-order valence-electron chi connectivity index (χ2n) is 10.3. The third kappa shape index (κ3) is 3.78. The van der Waals surface area contributed by atoms with Crippen LogP contribution in [0.2, 0.25) is 0 Å². The van der Waals surface area contributed by atoms with Gasteiger partial charge in [0.1, 0.15) is 11.2 Å². The third-order valence-electron chi connectivity index (χ3n) is 7.05. The van der Waals surface area contributed by atoms with Crippen LogP contribution in [0.15, 0.2) is 9.98 Å². The van der Waals surface area contributed by atoms with Crippen LogP contribution < -0.4 is 0 Å². The summed E-state index contributed by atoms with van der Waals surface area (Å²) in [4.78, 5) is 10.1. The first kappa shape index (κ1) is 19.3. The van der Waals surface area contributed by atoms with Gasteiger partial charge in [-0.05, 0) is 76.0 Å². The zero-order valence-corrected chi connectivity index (χ0v) is 17.8. The molecule has 0 saturated heterocycles. The van der Waals surface area contributed by atoms with Crippen LogP contribution in [0, 0.1) is 11.8 Å². The largest absolute Gasteiger partial charge is 0.472 e. The molecule has 0 aromatic rings. The Morgan fingerprint density at radius 1 is 0.741 bits per heavy atom. The molecule has 0 amide bonds. The van der Waals surface area contributed by atoms with Crippen molar-refractivity contribution < 1.29 is 9.47 Å². The zero-order valence-electron chi connectivity index (χ0n) is 17.8. The average molecular weight is 375 g/mol. The first-order valence-corrected chi connectivity index (χ1v) is 11.4. The van der Waals surface area contributed by atoms with Gasteiger partial charge in [0.25, 0.3) is 0 Å². The highest BCUT2D eigenvalue weighted by molar-refractivity contribution is 5.99. The zero-order chi connectivity index (χ0) is 19.1. The molecular formula is C23H38N2O2. The van der Waals surface area contributed by atoms with Crippen molar-refractivity contribution >= 4 is 11.8 Å². The van der Waals surface area contributed by atoms with Crippen molar-refractivity contribution in [2.75, 3.05) is 0 Å². The van der Waals surface area contributed by atoms with Gasteiger partial charge in [-0.25, -0.2) is 9.98 Å². The van der Waals surface area contributed by atoms with Crippen molar-refractivity contribution in [3.05, 3.63) is 0 Å². The van der Waals surface area contributed by atoms with Gasteiger partial charge in [-0.3, -0.25) is 0 Å². The molecule has 0 aromatic heterocycles. The minimum atomic E-state index is -0.0266. The first-order chi connectivity index (χ1) is 12.9. The van der Waals surface area contributed by atoms with Crippen molar-refractivity contribution in [2.45, 2.75) is 122 Å². The molecule has 27 heavy (non-hydrogen) atoms. The molecule has 0 bridgehead atoms. The van der Waals surface area contributed by atoms with Crippen molar-refractivity contribution in [3.8, 4) is 0 Å². The van der Waals surface area contributed by atoms with Gasteiger partial charge in [0.15, 0.2) is 11.8 Å². The van der Waals surface area contributed by atoms with Gasteiger partial charge in [-0.2, -0.15) is 0 Å². The molecule has 0 aromatic carbocycles. The second kappa shape index (κ2) is 7.40. The van der Waals surface area contributed by atoms with E-state index in [9.17, 15) is 0 Å². The molecule has 4 aliphatic rings. The fraction of sp³-hybridized carbons (Fsp3) is 0.913. The molecule has 2 fully saturated rings. The molecule has 4 rings (SSSR count). The molecule has 152 valence electrons. The summed E-state index contributed by atoms with van der Waals surface area (Å²) in [6.07, 6.45) is 12.6. The summed E-state index contributed by atoms with van der Waals surface area (Å²) in [7, 11) is 0. The number of hydrogen-bond donors (Lipinski definition) is 0. The molecule has 0 N–H and O–H groups in total. The van der Waals surface area contributed by atoms with Crippen LogP contribution in [0.3, 0.4) is 0 Å². The normalized spacial score (nSPS) is 31.0.